The first kappa shape index (κ1) is 20.6. The van der Waals surface area contributed by atoms with E-state index in [4.69, 9.17) is 0 Å². The summed E-state index contributed by atoms with van der Waals surface area (Å²) < 4.78 is 0. The fraction of sp³-hybridized carbons (Fsp3) is 0.348. The molecule has 2 N–H and O–H groups in total. The minimum Gasteiger partial charge on any atom is -0.348 e. The summed E-state index contributed by atoms with van der Waals surface area (Å²) in [5, 5.41) is 5.62. The first-order chi connectivity index (χ1) is 13.6. The van der Waals surface area contributed by atoms with E-state index in [1.165, 1.54) is 0 Å². The van der Waals surface area contributed by atoms with Gasteiger partial charge in [-0.05, 0) is 51.3 Å². The number of hydrogen-bond acceptors (Lipinski definition) is 3. The second-order valence-corrected chi connectivity index (χ2v) is 7.96. The van der Waals surface area contributed by atoms with Gasteiger partial charge in [0.25, 0.3) is 5.91 Å². The molecule has 1 aliphatic rings. The van der Waals surface area contributed by atoms with Crippen LogP contribution in [0.25, 0.3) is 0 Å². The van der Waals surface area contributed by atoms with Crippen molar-refractivity contribution in [2.75, 3.05) is 6.54 Å². The van der Waals surface area contributed by atoms with Crippen LogP contribution in [0, 0.1) is 20.8 Å². The molecule has 0 spiro atoms. The van der Waals surface area contributed by atoms with Crippen molar-refractivity contribution < 1.29 is 14.4 Å². The summed E-state index contributed by atoms with van der Waals surface area (Å²) in [6.07, 6.45) is 0. The summed E-state index contributed by atoms with van der Waals surface area (Å²) in [4.78, 5) is 39.0. The third kappa shape index (κ3) is 4.01. The Morgan fingerprint density at radius 3 is 2.34 bits per heavy atom. The van der Waals surface area contributed by atoms with Crippen LogP contribution in [0.5, 0.6) is 0 Å². The largest absolute Gasteiger partial charge is 0.348 e. The van der Waals surface area contributed by atoms with Crippen LogP contribution in [0.2, 0.25) is 0 Å². The Morgan fingerprint density at radius 2 is 1.69 bits per heavy atom. The Morgan fingerprint density at radius 1 is 1.07 bits per heavy atom. The van der Waals surface area contributed by atoms with Crippen molar-refractivity contribution in [1.29, 1.82) is 0 Å². The molecule has 6 nitrogen and oxygen atoms in total. The van der Waals surface area contributed by atoms with Gasteiger partial charge >= 0.3 is 6.03 Å². The third-order valence-electron chi connectivity index (χ3n) is 5.48. The molecule has 6 heteroatoms. The molecule has 2 atom stereocenters. The zero-order valence-electron chi connectivity index (χ0n) is 17.5. The average molecular weight is 393 g/mol. The van der Waals surface area contributed by atoms with Crippen LogP contribution >= 0.6 is 0 Å². The zero-order valence-corrected chi connectivity index (χ0v) is 17.5. The van der Waals surface area contributed by atoms with E-state index in [9.17, 15) is 14.4 Å². The summed E-state index contributed by atoms with van der Waals surface area (Å²) in [5.41, 5.74) is 3.77. The fourth-order valence-electron chi connectivity index (χ4n) is 3.66. The highest BCUT2D eigenvalue weighted by Crippen LogP contribution is 2.29. The molecular formula is C23H27N3O3. The molecule has 1 aliphatic heterocycles. The number of imide groups is 1. The number of carbonyl (C=O) groups is 3. The van der Waals surface area contributed by atoms with E-state index in [0.717, 1.165) is 27.2 Å². The normalized spacial score (nSPS) is 19.8. The predicted octanol–water partition coefficient (Wildman–Crippen LogP) is 3.26. The first-order valence-electron chi connectivity index (χ1n) is 9.69. The van der Waals surface area contributed by atoms with E-state index in [0.29, 0.717) is 5.56 Å². The summed E-state index contributed by atoms with van der Waals surface area (Å²) in [6, 6.07) is 12.7. The number of benzene rings is 2. The van der Waals surface area contributed by atoms with Crippen molar-refractivity contribution in [2.24, 2.45) is 0 Å². The van der Waals surface area contributed by atoms with Gasteiger partial charge in [0.05, 0.1) is 6.04 Å². The van der Waals surface area contributed by atoms with Crippen molar-refractivity contribution in [2.45, 2.75) is 46.2 Å². The van der Waals surface area contributed by atoms with Crippen molar-refractivity contribution >= 4 is 17.8 Å². The smallest absolute Gasteiger partial charge is 0.325 e. The highest BCUT2D eigenvalue weighted by molar-refractivity contribution is 6.09. The lowest BCUT2D eigenvalue weighted by Gasteiger charge is -2.23. The molecule has 2 aromatic rings. The molecule has 0 aromatic heterocycles. The van der Waals surface area contributed by atoms with Gasteiger partial charge in [0.15, 0.2) is 0 Å². The molecular weight excluding hydrogens is 366 g/mol. The quantitative estimate of drug-likeness (QED) is 0.766. The molecule has 0 radical (unpaired) electrons. The van der Waals surface area contributed by atoms with Crippen molar-refractivity contribution in [3.05, 3.63) is 70.3 Å². The summed E-state index contributed by atoms with van der Waals surface area (Å²) >= 11 is 0. The number of urea groups is 1. The number of carbonyl (C=O) groups excluding carboxylic acids is 3. The fourth-order valence-corrected chi connectivity index (χ4v) is 3.66. The summed E-state index contributed by atoms with van der Waals surface area (Å²) in [6.45, 7) is 9.17. The molecule has 152 valence electrons. The molecule has 0 aliphatic carbocycles. The Bertz CT molecular complexity index is 968. The second-order valence-electron chi connectivity index (χ2n) is 7.96. The third-order valence-corrected chi connectivity index (χ3v) is 5.48. The monoisotopic (exact) mass is 393 g/mol. The number of amides is 4. The first-order valence-corrected chi connectivity index (χ1v) is 9.69. The van der Waals surface area contributed by atoms with Gasteiger partial charge in [0.2, 0.25) is 5.91 Å². The highest BCUT2D eigenvalue weighted by atomic mass is 16.2. The van der Waals surface area contributed by atoms with Crippen molar-refractivity contribution in [3.63, 3.8) is 0 Å². The lowest BCUT2D eigenvalue weighted by molar-refractivity contribution is -0.135. The standard InChI is InChI=1S/C23H27N3O3/c1-14-7-10-18(11-8-14)23(5)21(28)26(22(29)25-23)13-20(27)24-17(4)19-12-15(2)6-9-16(19)3/h6-12,17H,13H2,1-5H3,(H,24,27)(H,25,29). The average Bonchev–Trinajstić information content (AvgIpc) is 2.88. The Balaban J connectivity index is 1.72. The maximum absolute atomic E-state index is 13.0. The topological polar surface area (TPSA) is 78.5 Å². The van der Waals surface area contributed by atoms with E-state index < -0.39 is 17.5 Å². The Hall–Kier alpha value is -3.15. The second kappa shape index (κ2) is 7.70. The Labute approximate surface area is 171 Å². The molecule has 1 fully saturated rings. The van der Waals surface area contributed by atoms with Gasteiger partial charge in [-0.1, -0.05) is 53.6 Å². The minimum atomic E-state index is -1.18. The van der Waals surface area contributed by atoms with E-state index >= 15 is 0 Å². The molecule has 1 saturated heterocycles. The zero-order chi connectivity index (χ0) is 21.3. The Kier molecular flexibility index (Phi) is 5.46. The van der Waals surface area contributed by atoms with E-state index in [1.807, 2.05) is 70.2 Å². The van der Waals surface area contributed by atoms with Gasteiger partial charge in [-0.3, -0.25) is 14.5 Å². The molecule has 2 unspecified atom stereocenters. The lowest BCUT2D eigenvalue weighted by Crippen LogP contribution is -2.43. The van der Waals surface area contributed by atoms with Gasteiger partial charge < -0.3 is 10.6 Å². The molecule has 29 heavy (non-hydrogen) atoms. The van der Waals surface area contributed by atoms with Crippen LogP contribution in [0.1, 0.15) is 47.7 Å². The summed E-state index contributed by atoms with van der Waals surface area (Å²) in [5.74, 6) is -0.809. The van der Waals surface area contributed by atoms with Crippen LogP contribution < -0.4 is 10.6 Å². The van der Waals surface area contributed by atoms with Crippen molar-refractivity contribution in [3.8, 4) is 0 Å². The van der Waals surface area contributed by atoms with Crippen LogP contribution in [0.3, 0.4) is 0 Å². The van der Waals surface area contributed by atoms with Gasteiger partial charge in [-0.15, -0.1) is 0 Å². The predicted molar refractivity (Wildman–Crippen MR) is 111 cm³/mol. The van der Waals surface area contributed by atoms with Gasteiger partial charge in [0.1, 0.15) is 12.1 Å². The number of nitrogens with zero attached hydrogens (tertiary/aromatic N) is 1. The maximum Gasteiger partial charge on any atom is 0.325 e. The van der Waals surface area contributed by atoms with Gasteiger partial charge in [-0.25, -0.2) is 4.79 Å². The number of nitrogens with one attached hydrogen (secondary N) is 2. The molecule has 0 bridgehead atoms. The minimum absolute atomic E-state index is 0.230. The molecule has 4 amide bonds. The van der Waals surface area contributed by atoms with Crippen LogP contribution in [0.15, 0.2) is 42.5 Å². The molecule has 1 heterocycles. The van der Waals surface area contributed by atoms with E-state index in [-0.39, 0.29) is 18.5 Å². The number of aryl methyl sites for hydroxylation is 3. The van der Waals surface area contributed by atoms with Gasteiger partial charge in [0, 0.05) is 0 Å². The van der Waals surface area contributed by atoms with Crippen LogP contribution in [0.4, 0.5) is 4.79 Å². The lowest BCUT2D eigenvalue weighted by atomic mass is 9.91. The van der Waals surface area contributed by atoms with Gasteiger partial charge in [-0.2, -0.15) is 0 Å². The molecule has 2 aromatic carbocycles. The maximum atomic E-state index is 13.0. The highest BCUT2D eigenvalue weighted by Gasteiger charge is 2.49. The van der Waals surface area contributed by atoms with Crippen LogP contribution in [-0.2, 0) is 15.1 Å². The van der Waals surface area contributed by atoms with Crippen LogP contribution in [-0.4, -0.2) is 29.3 Å². The molecule has 3 rings (SSSR count). The summed E-state index contributed by atoms with van der Waals surface area (Å²) in [7, 11) is 0. The van der Waals surface area contributed by atoms with E-state index in [2.05, 4.69) is 10.6 Å². The number of hydrogen-bond donors (Lipinski definition) is 2. The van der Waals surface area contributed by atoms with E-state index in [1.54, 1.807) is 6.92 Å². The number of rotatable bonds is 5. The molecule has 0 saturated carbocycles. The van der Waals surface area contributed by atoms with Crippen molar-refractivity contribution in [1.82, 2.24) is 15.5 Å². The SMILES string of the molecule is Cc1ccc(C2(C)NC(=O)N(CC(=O)NC(C)c3cc(C)ccc3C)C2=O)cc1.